The molecule has 2 heterocycles. The summed E-state index contributed by atoms with van der Waals surface area (Å²) in [6.07, 6.45) is 1.94. The molecule has 0 aliphatic rings. The molecule has 44 valence electrons. The van der Waals surface area contributed by atoms with Gasteiger partial charge in [0.25, 0.3) is 4.83 Å². The Labute approximate surface area is 56.4 Å². The van der Waals surface area contributed by atoms with E-state index in [2.05, 4.69) is 5.10 Å². The van der Waals surface area contributed by atoms with Gasteiger partial charge in [0.2, 0.25) is 6.20 Å². The molecule has 2 nitrogen and oxygen atoms in total. The fourth-order valence-electron chi connectivity index (χ4n) is 0.736. The molecule has 9 heavy (non-hydrogen) atoms. The summed E-state index contributed by atoms with van der Waals surface area (Å²) in [5, 5.41) is 4.05. The summed E-state index contributed by atoms with van der Waals surface area (Å²) in [6, 6.07) is 6.01. The number of hydrogen-bond acceptors (Lipinski definition) is 2. The summed E-state index contributed by atoms with van der Waals surface area (Å²) in [5.74, 6) is 0. The molecular formula is C6H5N2S+. The van der Waals surface area contributed by atoms with Gasteiger partial charge in [0.15, 0.2) is 5.51 Å². The van der Waals surface area contributed by atoms with Gasteiger partial charge >= 0.3 is 0 Å². The van der Waals surface area contributed by atoms with Crippen molar-refractivity contribution in [2.45, 2.75) is 0 Å². The molecule has 0 radical (unpaired) electrons. The van der Waals surface area contributed by atoms with Gasteiger partial charge in [0.05, 0.1) is 0 Å². The topological polar surface area (TPSA) is 17.0 Å². The monoisotopic (exact) mass is 137 g/mol. The van der Waals surface area contributed by atoms with Crippen LogP contribution in [-0.4, -0.2) is 5.10 Å². The molecule has 0 amide bonds. The molecule has 0 aliphatic heterocycles. The Morgan fingerprint density at radius 2 is 2.44 bits per heavy atom. The Bertz CT molecular complexity index is 285. The van der Waals surface area contributed by atoms with Crippen LogP contribution in [0.25, 0.3) is 4.83 Å². The second-order valence-electron chi connectivity index (χ2n) is 1.72. The molecule has 0 fully saturated rings. The van der Waals surface area contributed by atoms with Gasteiger partial charge in [-0.2, -0.15) is 0 Å². The van der Waals surface area contributed by atoms with Crippen molar-refractivity contribution in [3.8, 4) is 0 Å². The molecule has 0 aliphatic carbocycles. The molecule has 0 aromatic carbocycles. The van der Waals surface area contributed by atoms with Crippen molar-refractivity contribution in [2.24, 2.45) is 0 Å². The maximum atomic E-state index is 4.05. The van der Waals surface area contributed by atoms with Gasteiger partial charge in [0.1, 0.15) is 0 Å². The SMILES string of the molecule is c1cc[n+]2ncsc2c1. The highest BCUT2D eigenvalue weighted by Gasteiger charge is 1.99. The Kier molecular flexibility index (Phi) is 0.960. The van der Waals surface area contributed by atoms with Crippen molar-refractivity contribution in [1.29, 1.82) is 0 Å². The molecule has 0 spiro atoms. The Hall–Kier alpha value is -0.960. The predicted molar refractivity (Wildman–Crippen MR) is 35.3 cm³/mol. The fourth-order valence-corrected chi connectivity index (χ4v) is 1.37. The minimum Gasteiger partial charge on any atom is -0.0486 e. The normalized spacial score (nSPS) is 10.2. The first-order chi connectivity index (χ1) is 4.47. The minimum atomic E-state index is 1.18. The van der Waals surface area contributed by atoms with Crippen molar-refractivity contribution in [1.82, 2.24) is 5.10 Å². The van der Waals surface area contributed by atoms with Crippen LogP contribution in [0, 0.1) is 0 Å². The van der Waals surface area contributed by atoms with Gasteiger partial charge in [-0.15, -0.1) is 0 Å². The number of rotatable bonds is 0. The van der Waals surface area contributed by atoms with Gasteiger partial charge in [-0.05, 0) is 21.9 Å². The van der Waals surface area contributed by atoms with Gasteiger partial charge < -0.3 is 0 Å². The Morgan fingerprint density at radius 3 is 3.33 bits per heavy atom. The number of fused-ring (bicyclic) bond motifs is 1. The summed E-state index contributed by atoms with van der Waals surface area (Å²) >= 11 is 1.64. The van der Waals surface area contributed by atoms with Crippen LogP contribution in [0.15, 0.2) is 29.9 Å². The lowest BCUT2D eigenvalue weighted by Gasteiger charge is -1.72. The minimum absolute atomic E-state index is 1.18. The quantitative estimate of drug-likeness (QED) is 0.493. The molecule has 2 aromatic rings. The summed E-state index contributed by atoms with van der Waals surface area (Å²) in [6.45, 7) is 0. The summed E-state index contributed by atoms with van der Waals surface area (Å²) in [7, 11) is 0. The molecule has 0 N–H and O–H groups in total. The first-order valence-corrected chi connectivity index (χ1v) is 3.55. The van der Waals surface area contributed by atoms with Crippen molar-refractivity contribution in [2.75, 3.05) is 0 Å². The van der Waals surface area contributed by atoms with Crippen molar-refractivity contribution in [3.05, 3.63) is 29.9 Å². The molecular weight excluding hydrogens is 132 g/mol. The smallest absolute Gasteiger partial charge is 0.0486 e. The largest absolute Gasteiger partial charge is 0.295 e. The van der Waals surface area contributed by atoms with E-state index in [1.54, 1.807) is 11.3 Å². The third-order valence-corrected chi connectivity index (χ3v) is 1.91. The molecule has 0 unspecified atom stereocenters. The molecule has 0 saturated heterocycles. The standard InChI is InChI=1S/C6H5N2S/c1-2-4-8-6(3-1)9-5-7-8/h1-5H/q+1. The summed E-state index contributed by atoms with van der Waals surface area (Å²) in [5.41, 5.74) is 1.83. The average molecular weight is 137 g/mol. The van der Waals surface area contributed by atoms with Crippen molar-refractivity contribution < 1.29 is 4.52 Å². The number of nitrogens with zero attached hydrogens (tertiary/aromatic N) is 2. The molecule has 3 heteroatoms. The lowest BCUT2D eigenvalue weighted by atomic mass is 10.5. The maximum absolute atomic E-state index is 4.05. The predicted octanol–water partition coefficient (Wildman–Crippen LogP) is 0.882. The summed E-state index contributed by atoms with van der Waals surface area (Å²) in [4.78, 5) is 1.18. The number of hydrogen-bond donors (Lipinski definition) is 0. The first-order valence-electron chi connectivity index (χ1n) is 2.67. The number of pyridine rings is 1. The highest BCUT2D eigenvalue weighted by atomic mass is 32.1. The lowest BCUT2D eigenvalue weighted by Crippen LogP contribution is -2.20. The van der Waals surface area contributed by atoms with E-state index in [4.69, 9.17) is 0 Å². The molecule has 2 rings (SSSR count). The zero-order chi connectivity index (χ0) is 6.10. The lowest BCUT2D eigenvalue weighted by molar-refractivity contribution is -0.575. The second-order valence-corrected chi connectivity index (χ2v) is 2.59. The maximum Gasteiger partial charge on any atom is 0.295 e. The highest BCUT2D eigenvalue weighted by molar-refractivity contribution is 7.14. The molecule has 0 saturated carbocycles. The van der Waals surface area contributed by atoms with Gasteiger partial charge in [-0.1, -0.05) is 0 Å². The average Bonchev–Trinajstić information content (AvgIpc) is 2.33. The third-order valence-electron chi connectivity index (χ3n) is 1.15. The number of aromatic nitrogens is 2. The van der Waals surface area contributed by atoms with Gasteiger partial charge in [0, 0.05) is 17.2 Å². The van der Waals surface area contributed by atoms with Crippen LogP contribution in [0.2, 0.25) is 0 Å². The first kappa shape index (κ1) is 4.88. The van der Waals surface area contributed by atoms with E-state index >= 15 is 0 Å². The van der Waals surface area contributed by atoms with E-state index in [0.717, 1.165) is 0 Å². The van der Waals surface area contributed by atoms with E-state index in [-0.39, 0.29) is 0 Å². The Morgan fingerprint density at radius 1 is 1.44 bits per heavy atom. The molecule has 2 aromatic heterocycles. The van der Waals surface area contributed by atoms with Crippen LogP contribution in [-0.2, 0) is 0 Å². The van der Waals surface area contributed by atoms with E-state index in [1.807, 2.05) is 34.4 Å². The van der Waals surface area contributed by atoms with Crippen molar-refractivity contribution in [3.63, 3.8) is 0 Å². The van der Waals surface area contributed by atoms with Crippen LogP contribution in [0.4, 0.5) is 0 Å². The van der Waals surface area contributed by atoms with Gasteiger partial charge in [-0.25, -0.2) is 0 Å². The molecule has 0 bridgehead atoms. The van der Waals surface area contributed by atoms with E-state index in [1.165, 1.54) is 4.83 Å². The highest BCUT2D eigenvalue weighted by Crippen LogP contribution is 1.99. The van der Waals surface area contributed by atoms with Crippen LogP contribution in [0.1, 0.15) is 0 Å². The molecule has 0 atom stereocenters. The van der Waals surface area contributed by atoms with Crippen molar-refractivity contribution >= 4 is 16.2 Å². The van der Waals surface area contributed by atoms with Crippen LogP contribution < -0.4 is 4.52 Å². The zero-order valence-corrected chi connectivity index (χ0v) is 5.51. The van der Waals surface area contributed by atoms with E-state index in [0.29, 0.717) is 0 Å². The third kappa shape index (κ3) is 0.695. The van der Waals surface area contributed by atoms with Crippen LogP contribution in [0.3, 0.4) is 0 Å². The Balaban J connectivity index is 2.95. The fraction of sp³-hybridized carbons (Fsp3) is 0. The van der Waals surface area contributed by atoms with E-state index < -0.39 is 0 Å². The van der Waals surface area contributed by atoms with E-state index in [9.17, 15) is 0 Å². The van der Waals surface area contributed by atoms with Crippen LogP contribution >= 0.6 is 11.3 Å². The summed E-state index contributed by atoms with van der Waals surface area (Å²) < 4.78 is 1.85. The second kappa shape index (κ2) is 1.77. The zero-order valence-electron chi connectivity index (χ0n) is 4.69. The van der Waals surface area contributed by atoms with Gasteiger partial charge in [-0.3, -0.25) is 0 Å². The van der Waals surface area contributed by atoms with Crippen LogP contribution in [0.5, 0.6) is 0 Å².